The third-order valence-electron chi connectivity index (χ3n) is 3.28. The van der Waals surface area contributed by atoms with Gasteiger partial charge in [-0.05, 0) is 36.8 Å². The average molecular weight is 364 g/mol. The van der Waals surface area contributed by atoms with Gasteiger partial charge < -0.3 is 0 Å². The highest BCUT2D eigenvalue weighted by atomic mass is 35.5. The summed E-state index contributed by atoms with van der Waals surface area (Å²) in [6, 6.07) is 10.2. The molecular weight excluding hydrogens is 349 g/mol. The lowest BCUT2D eigenvalue weighted by Crippen LogP contribution is -2.29. The molecule has 2 aromatic rings. The number of alkyl halides is 1. The Balaban J connectivity index is 2.31. The molecule has 0 aliphatic carbocycles. The molecule has 7 heteroatoms. The van der Waals surface area contributed by atoms with Gasteiger partial charge >= 0.3 is 0 Å². The molecule has 0 aliphatic rings. The van der Waals surface area contributed by atoms with Crippen molar-refractivity contribution in [2.24, 2.45) is 0 Å². The molecule has 0 N–H and O–H groups in total. The molecule has 0 bridgehead atoms. The zero-order valence-corrected chi connectivity index (χ0v) is 14.7. The van der Waals surface area contributed by atoms with Gasteiger partial charge in [-0.25, -0.2) is 8.42 Å². The van der Waals surface area contributed by atoms with Crippen LogP contribution in [0.1, 0.15) is 23.4 Å². The van der Waals surface area contributed by atoms with E-state index in [-0.39, 0.29) is 6.04 Å². The lowest BCUT2D eigenvalue weighted by Gasteiger charge is -2.24. The molecule has 1 aromatic heterocycles. The van der Waals surface area contributed by atoms with Crippen LogP contribution < -0.4 is 0 Å². The summed E-state index contributed by atoms with van der Waals surface area (Å²) in [5.74, 6) is 0.313. The van der Waals surface area contributed by atoms with Crippen LogP contribution in [-0.4, -0.2) is 19.8 Å². The van der Waals surface area contributed by atoms with Gasteiger partial charge in [0.1, 0.15) is 4.21 Å². The predicted molar refractivity (Wildman–Crippen MR) is 88.7 cm³/mol. The van der Waals surface area contributed by atoms with Gasteiger partial charge in [0, 0.05) is 23.0 Å². The van der Waals surface area contributed by atoms with Crippen LogP contribution in [0, 0.1) is 0 Å². The summed E-state index contributed by atoms with van der Waals surface area (Å²) in [7, 11) is -1.97. The van der Waals surface area contributed by atoms with E-state index in [1.165, 1.54) is 15.6 Å². The highest BCUT2D eigenvalue weighted by Crippen LogP contribution is 2.31. The lowest BCUT2D eigenvalue weighted by atomic mass is 10.1. The van der Waals surface area contributed by atoms with Crippen molar-refractivity contribution in [2.75, 3.05) is 7.05 Å². The van der Waals surface area contributed by atoms with Crippen LogP contribution in [0.4, 0.5) is 0 Å². The first kappa shape index (κ1) is 16.8. The van der Waals surface area contributed by atoms with Crippen LogP contribution in [-0.2, 0) is 15.9 Å². The number of hydrogen-bond acceptors (Lipinski definition) is 3. The molecule has 2 rings (SSSR count). The highest BCUT2D eigenvalue weighted by molar-refractivity contribution is 7.91. The van der Waals surface area contributed by atoms with Crippen molar-refractivity contribution in [1.29, 1.82) is 0 Å². The largest absolute Gasteiger partial charge is 0.252 e. The molecule has 1 atom stereocenters. The second-order valence-corrected chi connectivity index (χ2v) is 8.70. The van der Waals surface area contributed by atoms with Crippen LogP contribution in [0.3, 0.4) is 0 Å². The molecule has 0 spiro atoms. The monoisotopic (exact) mass is 363 g/mol. The van der Waals surface area contributed by atoms with E-state index < -0.39 is 10.0 Å². The van der Waals surface area contributed by atoms with Gasteiger partial charge in [0.25, 0.3) is 10.0 Å². The van der Waals surface area contributed by atoms with Crippen molar-refractivity contribution in [3.8, 4) is 0 Å². The Morgan fingerprint density at radius 2 is 2.00 bits per heavy atom. The molecule has 114 valence electrons. The fourth-order valence-electron chi connectivity index (χ4n) is 1.90. The zero-order chi connectivity index (χ0) is 15.6. The summed E-state index contributed by atoms with van der Waals surface area (Å²) < 4.78 is 26.9. The number of rotatable bonds is 5. The number of thiophene rings is 1. The van der Waals surface area contributed by atoms with Gasteiger partial charge in [0.05, 0.1) is 5.88 Å². The number of halogens is 2. The fraction of sp³-hybridized carbons (Fsp3) is 0.286. The lowest BCUT2D eigenvalue weighted by molar-refractivity contribution is 0.399. The molecule has 0 saturated carbocycles. The van der Waals surface area contributed by atoms with Gasteiger partial charge in [-0.15, -0.1) is 22.9 Å². The number of nitrogens with zero attached hydrogens (tertiary/aromatic N) is 1. The molecule has 1 aromatic carbocycles. The van der Waals surface area contributed by atoms with E-state index in [9.17, 15) is 8.42 Å². The molecule has 0 aliphatic heterocycles. The van der Waals surface area contributed by atoms with Crippen LogP contribution in [0.15, 0.2) is 40.6 Å². The van der Waals surface area contributed by atoms with Crippen LogP contribution >= 0.6 is 34.5 Å². The van der Waals surface area contributed by atoms with Crippen molar-refractivity contribution in [3.05, 3.63) is 51.9 Å². The van der Waals surface area contributed by atoms with Crippen LogP contribution in [0.5, 0.6) is 0 Å². The van der Waals surface area contributed by atoms with Gasteiger partial charge in [-0.1, -0.05) is 23.7 Å². The Morgan fingerprint density at radius 3 is 2.57 bits per heavy atom. The van der Waals surface area contributed by atoms with Crippen LogP contribution in [0.2, 0.25) is 5.02 Å². The minimum atomic E-state index is -3.54. The molecule has 21 heavy (non-hydrogen) atoms. The SMILES string of the molecule is CC(c1cccc(Cl)c1)N(C)S(=O)(=O)c1ccc(CCl)s1. The molecule has 0 saturated heterocycles. The van der Waals surface area contributed by atoms with Crippen molar-refractivity contribution >= 4 is 44.6 Å². The third kappa shape index (κ3) is 3.60. The van der Waals surface area contributed by atoms with E-state index in [1.54, 1.807) is 31.3 Å². The maximum Gasteiger partial charge on any atom is 0.252 e. The van der Waals surface area contributed by atoms with Gasteiger partial charge in [-0.3, -0.25) is 0 Å². The Bertz CT molecular complexity index is 728. The van der Waals surface area contributed by atoms with E-state index in [4.69, 9.17) is 23.2 Å². The summed E-state index contributed by atoms with van der Waals surface area (Å²) in [4.78, 5) is 0.832. The van der Waals surface area contributed by atoms with Crippen molar-refractivity contribution in [3.63, 3.8) is 0 Å². The van der Waals surface area contributed by atoms with E-state index in [0.29, 0.717) is 15.1 Å². The molecule has 1 unspecified atom stereocenters. The van der Waals surface area contributed by atoms with Crippen molar-refractivity contribution in [2.45, 2.75) is 23.1 Å². The van der Waals surface area contributed by atoms with Gasteiger partial charge in [-0.2, -0.15) is 4.31 Å². The Kier molecular flexibility index (Phi) is 5.33. The Morgan fingerprint density at radius 1 is 1.29 bits per heavy atom. The fourth-order valence-corrected chi connectivity index (χ4v) is 5.09. The number of hydrogen-bond donors (Lipinski definition) is 0. The molecule has 0 amide bonds. The van der Waals surface area contributed by atoms with E-state index in [0.717, 1.165) is 10.4 Å². The molecule has 0 radical (unpaired) electrons. The standard InChI is InChI=1S/C14H15Cl2NO2S2/c1-10(11-4-3-5-12(16)8-11)17(2)21(18,19)14-7-6-13(9-15)20-14/h3-8,10H,9H2,1-2H3. The summed E-state index contributed by atoms with van der Waals surface area (Å²) in [6.45, 7) is 1.83. The maximum atomic E-state index is 12.6. The minimum Gasteiger partial charge on any atom is -0.206 e. The van der Waals surface area contributed by atoms with Gasteiger partial charge in [0.15, 0.2) is 0 Å². The normalized spacial score (nSPS) is 13.6. The van der Waals surface area contributed by atoms with Crippen LogP contribution in [0.25, 0.3) is 0 Å². The van der Waals surface area contributed by atoms with E-state index >= 15 is 0 Å². The first-order valence-corrected chi connectivity index (χ1v) is 9.41. The predicted octanol–water partition coefficient (Wildman–Crippen LogP) is 4.52. The topological polar surface area (TPSA) is 37.4 Å². The molecule has 1 heterocycles. The van der Waals surface area contributed by atoms with Crippen molar-refractivity contribution < 1.29 is 8.42 Å². The quantitative estimate of drug-likeness (QED) is 0.732. The summed E-state index contributed by atoms with van der Waals surface area (Å²) in [5, 5.41) is 0.589. The Hall–Kier alpha value is -0.590. The maximum absolute atomic E-state index is 12.6. The second-order valence-electron chi connectivity index (χ2n) is 4.61. The smallest absolute Gasteiger partial charge is 0.206 e. The number of sulfonamides is 1. The second kappa shape index (κ2) is 6.67. The summed E-state index contributed by atoms with van der Waals surface area (Å²) in [6.07, 6.45) is 0. The average Bonchev–Trinajstić information content (AvgIpc) is 2.95. The molecular formula is C14H15Cl2NO2S2. The summed E-state index contributed by atoms with van der Waals surface area (Å²) in [5.41, 5.74) is 0.850. The number of benzene rings is 1. The van der Waals surface area contributed by atoms with E-state index in [2.05, 4.69) is 0 Å². The van der Waals surface area contributed by atoms with E-state index in [1.807, 2.05) is 19.1 Å². The Labute approximate surface area is 139 Å². The first-order valence-electron chi connectivity index (χ1n) is 6.24. The minimum absolute atomic E-state index is 0.300. The zero-order valence-electron chi connectivity index (χ0n) is 11.6. The third-order valence-corrected chi connectivity index (χ3v) is 7.44. The molecule has 3 nitrogen and oxygen atoms in total. The highest BCUT2D eigenvalue weighted by Gasteiger charge is 2.27. The first-order chi connectivity index (χ1) is 9.86. The summed E-state index contributed by atoms with van der Waals surface area (Å²) >= 11 is 12.9. The van der Waals surface area contributed by atoms with Gasteiger partial charge in [0.2, 0.25) is 0 Å². The molecule has 0 fully saturated rings. The van der Waals surface area contributed by atoms with Crippen molar-refractivity contribution in [1.82, 2.24) is 4.31 Å².